The fourth-order valence-corrected chi connectivity index (χ4v) is 5.33. The topological polar surface area (TPSA) is 61.8 Å². The minimum atomic E-state index is -0.878. The third-order valence-electron chi connectivity index (χ3n) is 5.93. The molecule has 5 rings (SSSR count). The van der Waals surface area contributed by atoms with Crippen molar-refractivity contribution in [3.8, 4) is 0 Å². The molecule has 2 heterocycles. The Bertz CT molecular complexity index is 1160. The maximum absolute atomic E-state index is 12.0. The highest BCUT2D eigenvalue weighted by molar-refractivity contribution is 14.1. The number of carbonyl (C=O) groups is 1. The van der Waals surface area contributed by atoms with Crippen molar-refractivity contribution in [3.63, 3.8) is 0 Å². The number of aliphatic carboxylic acids is 1. The number of hydrogen-bond acceptors (Lipinski definition) is 4. The molecule has 0 amide bonds. The number of fused-ring (bicyclic) bond motifs is 4. The first kappa shape index (κ1) is 22.0. The summed E-state index contributed by atoms with van der Waals surface area (Å²) >= 11 is 14.5. The molecule has 164 valence electrons. The normalized spacial score (nSPS) is 22.8. The van der Waals surface area contributed by atoms with Crippen molar-refractivity contribution in [2.75, 3.05) is 5.32 Å². The number of ether oxygens (including phenoxy) is 1. The van der Waals surface area contributed by atoms with E-state index in [-0.39, 0.29) is 18.7 Å². The molecule has 0 aromatic heterocycles. The van der Waals surface area contributed by atoms with Gasteiger partial charge in [0.15, 0.2) is 0 Å². The number of nitrogens with zero attached hydrogens (tertiary/aromatic N) is 1. The lowest BCUT2D eigenvalue weighted by Crippen LogP contribution is -2.34. The van der Waals surface area contributed by atoms with E-state index in [1.165, 1.54) is 0 Å². The summed E-state index contributed by atoms with van der Waals surface area (Å²) in [4.78, 5) is 14.1. The molecular formula is C24H19Cl2IN2O3. The molecule has 2 aliphatic heterocycles. The van der Waals surface area contributed by atoms with Crippen molar-refractivity contribution in [2.45, 2.75) is 31.0 Å². The second kappa shape index (κ2) is 8.83. The van der Waals surface area contributed by atoms with Crippen LogP contribution in [-0.2, 0) is 9.53 Å². The van der Waals surface area contributed by atoms with Gasteiger partial charge in [0.25, 0.3) is 0 Å². The number of benzene rings is 3. The Hall–Kier alpha value is -1.84. The quantitative estimate of drug-likeness (QED) is 0.331. The lowest BCUT2D eigenvalue weighted by atomic mass is 9.96. The average Bonchev–Trinajstić information content (AvgIpc) is 3.07. The van der Waals surface area contributed by atoms with Crippen LogP contribution >= 0.6 is 45.8 Å². The zero-order valence-electron chi connectivity index (χ0n) is 16.7. The average molecular weight is 581 g/mol. The van der Waals surface area contributed by atoms with E-state index in [9.17, 15) is 9.90 Å². The number of carboxylic acids is 1. The van der Waals surface area contributed by atoms with E-state index in [4.69, 9.17) is 27.9 Å². The smallest absolute Gasteiger partial charge is 0.305 e. The number of anilines is 1. The third kappa shape index (κ3) is 4.10. The van der Waals surface area contributed by atoms with Crippen molar-refractivity contribution in [2.24, 2.45) is 0 Å². The van der Waals surface area contributed by atoms with Crippen LogP contribution in [0.3, 0.4) is 0 Å². The Labute approximate surface area is 209 Å². The number of hydrogen-bond donors (Lipinski definition) is 2. The molecule has 1 saturated heterocycles. The molecule has 2 aliphatic rings. The summed E-state index contributed by atoms with van der Waals surface area (Å²) in [5, 5.41) is 14.6. The van der Waals surface area contributed by atoms with Crippen LogP contribution in [0.1, 0.15) is 41.4 Å². The number of nitrogens with one attached hydrogen (secondary N) is 1. The van der Waals surface area contributed by atoms with Gasteiger partial charge in [-0.3, -0.25) is 9.69 Å². The Morgan fingerprint density at radius 3 is 2.38 bits per heavy atom. The lowest BCUT2D eigenvalue weighted by molar-refractivity contribution is -0.139. The molecule has 32 heavy (non-hydrogen) atoms. The van der Waals surface area contributed by atoms with Crippen molar-refractivity contribution < 1.29 is 14.6 Å². The summed E-state index contributed by atoms with van der Waals surface area (Å²) in [5.74, 6) is -0.878. The van der Waals surface area contributed by atoms with Crippen LogP contribution in [0, 0.1) is 3.57 Å². The highest BCUT2D eigenvalue weighted by Gasteiger charge is 2.51. The fourth-order valence-electron chi connectivity index (χ4n) is 4.57. The molecule has 0 aliphatic carbocycles. The molecule has 2 bridgehead atoms. The molecule has 2 N–H and O–H groups in total. The first-order valence-corrected chi connectivity index (χ1v) is 12.0. The Balaban J connectivity index is 1.67. The van der Waals surface area contributed by atoms with E-state index in [0.29, 0.717) is 10.0 Å². The Morgan fingerprint density at radius 1 is 1.06 bits per heavy atom. The number of halogens is 3. The van der Waals surface area contributed by atoms with Gasteiger partial charge in [-0.05, 0) is 76.2 Å². The summed E-state index contributed by atoms with van der Waals surface area (Å²) in [6, 6.07) is 20.5. The van der Waals surface area contributed by atoms with E-state index in [0.717, 1.165) is 25.9 Å². The summed E-state index contributed by atoms with van der Waals surface area (Å²) in [7, 11) is 0. The van der Waals surface area contributed by atoms with Crippen molar-refractivity contribution >= 4 is 57.4 Å². The van der Waals surface area contributed by atoms with Crippen LogP contribution in [0.25, 0.3) is 0 Å². The van der Waals surface area contributed by atoms with E-state index in [2.05, 4.69) is 44.9 Å². The summed E-state index contributed by atoms with van der Waals surface area (Å²) in [5.41, 5.74) is 3.87. The molecule has 0 spiro atoms. The predicted octanol–water partition coefficient (Wildman–Crippen LogP) is 6.64. The highest BCUT2D eigenvalue weighted by Crippen LogP contribution is 2.53. The number of rotatable bonds is 5. The lowest BCUT2D eigenvalue weighted by Gasteiger charge is -2.35. The summed E-state index contributed by atoms with van der Waals surface area (Å²) < 4.78 is 7.54. The van der Waals surface area contributed by atoms with Gasteiger partial charge >= 0.3 is 5.97 Å². The highest BCUT2D eigenvalue weighted by atomic mass is 127. The van der Waals surface area contributed by atoms with Crippen LogP contribution in [0.5, 0.6) is 0 Å². The molecule has 8 heteroatoms. The predicted molar refractivity (Wildman–Crippen MR) is 133 cm³/mol. The van der Waals surface area contributed by atoms with Gasteiger partial charge in [-0.2, -0.15) is 0 Å². The minimum Gasteiger partial charge on any atom is -0.481 e. The van der Waals surface area contributed by atoms with Crippen LogP contribution in [-0.4, -0.2) is 22.2 Å². The van der Waals surface area contributed by atoms with Gasteiger partial charge in [-0.15, -0.1) is 0 Å². The molecule has 4 atom stereocenters. The molecule has 5 nitrogen and oxygen atoms in total. The fraction of sp³-hybridized carbons (Fsp3) is 0.208. The first-order chi connectivity index (χ1) is 15.4. The zero-order chi connectivity index (χ0) is 22.4. The van der Waals surface area contributed by atoms with E-state index in [1.54, 1.807) is 12.1 Å². The molecule has 0 radical (unpaired) electrons. The molecule has 3 aromatic rings. The SMILES string of the molecule is O=C(O)CC(c1ccc(Cl)cc1)N1C2OC(Nc3ccc(I)cc32)C1c1ccc(Cl)cc1. The van der Waals surface area contributed by atoms with E-state index < -0.39 is 18.2 Å². The van der Waals surface area contributed by atoms with Gasteiger partial charge < -0.3 is 15.2 Å². The monoisotopic (exact) mass is 580 g/mol. The largest absolute Gasteiger partial charge is 0.481 e. The molecule has 0 saturated carbocycles. The number of carboxylic acid groups (broad SMARTS) is 1. The zero-order valence-corrected chi connectivity index (χ0v) is 20.4. The van der Waals surface area contributed by atoms with Crippen molar-refractivity contribution in [1.82, 2.24) is 4.90 Å². The second-order valence-electron chi connectivity index (χ2n) is 7.89. The third-order valence-corrected chi connectivity index (χ3v) is 7.10. The van der Waals surface area contributed by atoms with Gasteiger partial charge in [0.05, 0.1) is 12.5 Å². The standard InChI is InChI=1S/C24H19Cl2IN2O3/c25-15-5-1-13(2-6-15)20(12-21(30)31)29-22(14-3-7-16(26)8-4-14)23-28-19-10-9-17(27)11-18(19)24(29)32-23/h1-11,20,22-24,28H,12H2,(H,30,31). The van der Waals surface area contributed by atoms with Gasteiger partial charge in [0.2, 0.25) is 0 Å². The maximum Gasteiger partial charge on any atom is 0.305 e. The van der Waals surface area contributed by atoms with Crippen LogP contribution in [0.15, 0.2) is 66.7 Å². The summed E-state index contributed by atoms with van der Waals surface area (Å²) in [6.07, 6.45) is -0.804. The summed E-state index contributed by atoms with van der Waals surface area (Å²) in [6.45, 7) is 0. The molecular weight excluding hydrogens is 562 g/mol. The van der Waals surface area contributed by atoms with Gasteiger partial charge in [0, 0.05) is 30.9 Å². The van der Waals surface area contributed by atoms with Crippen molar-refractivity contribution in [1.29, 1.82) is 0 Å². The minimum absolute atomic E-state index is 0.0719. The van der Waals surface area contributed by atoms with Crippen LogP contribution in [0.2, 0.25) is 10.0 Å². The van der Waals surface area contributed by atoms with Gasteiger partial charge in [-0.25, -0.2) is 0 Å². The second-order valence-corrected chi connectivity index (χ2v) is 10.0. The van der Waals surface area contributed by atoms with Crippen LogP contribution < -0.4 is 5.32 Å². The molecule has 3 aromatic carbocycles. The molecule has 4 unspecified atom stereocenters. The van der Waals surface area contributed by atoms with Gasteiger partial charge in [0.1, 0.15) is 12.5 Å². The Kier molecular flexibility index (Phi) is 6.07. The van der Waals surface area contributed by atoms with Crippen LogP contribution in [0.4, 0.5) is 5.69 Å². The molecule has 1 fully saturated rings. The maximum atomic E-state index is 12.0. The first-order valence-electron chi connectivity index (χ1n) is 10.1. The Morgan fingerprint density at radius 2 is 1.72 bits per heavy atom. The van der Waals surface area contributed by atoms with E-state index in [1.807, 2.05) is 42.5 Å². The van der Waals surface area contributed by atoms with E-state index >= 15 is 0 Å². The van der Waals surface area contributed by atoms with Gasteiger partial charge in [-0.1, -0.05) is 47.5 Å². The van der Waals surface area contributed by atoms with Crippen molar-refractivity contribution in [3.05, 3.63) is 97.0 Å².